The zero-order valence-corrected chi connectivity index (χ0v) is 12.9. The predicted octanol–water partition coefficient (Wildman–Crippen LogP) is 3.81. The van der Waals surface area contributed by atoms with Gasteiger partial charge in [-0.2, -0.15) is 0 Å². The average molecular weight is 300 g/mol. The van der Waals surface area contributed by atoms with E-state index in [1.54, 1.807) is 6.07 Å². The van der Waals surface area contributed by atoms with Crippen molar-refractivity contribution in [3.63, 3.8) is 0 Å². The van der Waals surface area contributed by atoms with Crippen LogP contribution in [0.25, 0.3) is 0 Å². The highest BCUT2D eigenvalue weighted by molar-refractivity contribution is 6.31. The molecule has 0 saturated heterocycles. The maximum atomic E-state index is 13.0. The van der Waals surface area contributed by atoms with Crippen LogP contribution >= 0.6 is 11.6 Å². The molecule has 4 heteroatoms. The van der Waals surface area contributed by atoms with Crippen LogP contribution in [0.3, 0.4) is 0 Å². The van der Waals surface area contributed by atoms with Crippen LogP contribution in [0.4, 0.5) is 4.39 Å². The number of nitrogens with one attached hydrogen (secondary N) is 1. The van der Waals surface area contributed by atoms with E-state index in [4.69, 9.17) is 16.3 Å². The zero-order valence-electron chi connectivity index (χ0n) is 12.2. The lowest BCUT2D eigenvalue weighted by atomic mass is 9.77. The molecule has 1 aromatic rings. The number of benzene rings is 1. The van der Waals surface area contributed by atoms with Crippen molar-refractivity contribution >= 4 is 11.6 Å². The smallest absolute Gasteiger partial charge is 0.124 e. The third-order valence-corrected chi connectivity index (χ3v) is 4.45. The number of halogens is 2. The van der Waals surface area contributed by atoms with E-state index in [0.29, 0.717) is 17.2 Å². The van der Waals surface area contributed by atoms with Crippen LogP contribution in [0, 0.1) is 11.7 Å². The molecule has 20 heavy (non-hydrogen) atoms. The van der Waals surface area contributed by atoms with Gasteiger partial charge in [0.05, 0.1) is 6.10 Å². The summed E-state index contributed by atoms with van der Waals surface area (Å²) >= 11 is 6.09. The quantitative estimate of drug-likeness (QED) is 0.826. The Labute approximate surface area is 125 Å². The van der Waals surface area contributed by atoms with Crippen LogP contribution in [0.5, 0.6) is 0 Å². The number of rotatable bonds is 7. The molecule has 1 fully saturated rings. The van der Waals surface area contributed by atoms with Crippen molar-refractivity contribution in [3.05, 3.63) is 34.6 Å². The fraction of sp³-hybridized carbons (Fsp3) is 0.625. The van der Waals surface area contributed by atoms with Crippen LogP contribution < -0.4 is 5.32 Å². The zero-order chi connectivity index (χ0) is 14.5. The summed E-state index contributed by atoms with van der Waals surface area (Å²) in [7, 11) is 1.97. The van der Waals surface area contributed by atoms with E-state index < -0.39 is 0 Å². The Balaban J connectivity index is 1.84. The predicted molar refractivity (Wildman–Crippen MR) is 80.7 cm³/mol. The van der Waals surface area contributed by atoms with Crippen LogP contribution in [0.1, 0.15) is 31.7 Å². The molecular weight excluding hydrogens is 277 g/mol. The molecule has 0 bridgehead atoms. The van der Waals surface area contributed by atoms with Gasteiger partial charge >= 0.3 is 0 Å². The van der Waals surface area contributed by atoms with Gasteiger partial charge in [0, 0.05) is 17.7 Å². The average Bonchev–Trinajstić information content (AvgIpc) is 2.37. The second-order valence-electron chi connectivity index (χ2n) is 5.58. The van der Waals surface area contributed by atoms with Gasteiger partial charge in [0.15, 0.2) is 0 Å². The maximum Gasteiger partial charge on any atom is 0.124 e. The lowest BCUT2D eigenvalue weighted by Gasteiger charge is -2.37. The lowest BCUT2D eigenvalue weighted by molar-refractivity contribution is -0.0288. The summed E-state index contributed by atoms with van der Waals surface area (Å²) in [5, 5.41) is 3.86. The van der Waals surface area contributed by atoms with E-state index in [2.05, 4.69) is 5.32 Å². The van der Waals surface area contributed by atoms with Crippen molar-refractivity contribution in [1.82, 2.24) is 5.32 Å². The Hall–Kier alpha value is -0.640. The highest BCUT2D eigenvalue weighted by atomic mass is 35.5. The minimum atomic E-state index is -0.279. The molecule has 0 radical (unpaired) electrons. The third-order valence-electron chi connectivity index (χ3n) is 4.10. The van der Waals surface area contributed by atoms with Gasteiger partial charge in [-0.3, -0.25) is 0 Å². The fourth-order valence-corrected chi connectivity index (χ4v) is 3.14. The summed E-state index contributed by atoms with van der Waals surface area (Å²) in [5.74, 6) is 0.446. The van der Waals surface area contributed by atoms with Crippen molar-refractivity contribution < 1.29 is 9.13 Å². The molecule has 2 nitrogen and oxygen atoms in total. The second-order valence-corrected chi connectivity index (χ2v) is 5.98. The summed E-state index contributed by atoms with van der Waals surface area (Å²) in [6, 6.07) is 5.03. The molecule has 0 aliphatic heterocycles. The van der Waals surface area contributed by atoms with Crippen molar-refractivity contribution in [2.45, 2.75) is 44.8 Å². The Morgan fingerprint density at radius 1 is 1.45 bits per heavy atom. The van der Waals surface area contributed by atoms with Crippen molar-refractivity contribution in [2.24, 2.45) is 5.92 Å². The van der Waals surface area contributed by atoms with E-state index in [0.717, 1.165) is 43.8 Å². The monoisotopic (exact) mass is 299 g/mol. The van der Waals surface area contributed by atoms with Crippen LogP contribution in [-0.2, 0) is 11.2 Å². The van der Waals surface area contributed by atoms with Crippen LogP contribution in [0.15, 0.2) is 18.2 Å². The summed E-state index contributed by atoms with van der Waals surface area (Å²) in [5.41, 5.74) is 1.01. The lowest BCUT2D eigenvalue weighted by Crippen LogP contribution is -2.38. The molecular formula is C16H23ClFNO. The normalized spacial score (nSPS) is 23.4. The molecule has 0 amide bonds. The van der Waals surface area contributed by atoms with E-state index in [1.165, 1.54) is 12.1 Å². The molecule has 0 spiro atoms. The minimum absolute atomic E-state index is 0.279. The van der Waals surface area contributed by atoms with Gasteiger partial charge in [0.1, 0.15) is 5.82 Å². The highest BCUT2D eigenvalue weighted by Crippen LogP contribution is 2.34. The van der Waals surface area contributed by atoms with Gasteiger partial charge in [-0.25, -0.2) is 4.39 Å². The number of likely N-dealkylation sites (N-methyl/N-ethyl adjacent to an activating group) is 1. The van der Waals surface area contributed by atoms with Gasteiger partial charge in [-0.1, -0.05) is 17.7 Å². The Bertz CT molecular complexity index is 434. The summed E-state index contributed by atoms with van der Waals surface area (Å²) in [4.78, 5) is 0. The first kappa shape index (κ1) is 15.7. The summed E-state index contributed by atoms with van der Waals surface area (Å²) in [6.07, 6.45) is 4.72. The molecule has 1 atom stereocenters. The van der Waals surface area contributed by atoms with Crippen molar-refractivity contribution in [2.75, 3.05) is 13.7 Å². The van der Waals surface area contributed by atoms with Gasteiger partial charge in [-0.05, 0) is 63.3 Å². The fourth-order valence-electron chi connectivity index (χ4n) is 2.90. The third kappa shape index (κ3) is 4.18. The molecule has 0 aromatic heterocycles. The van der Waals surface area contributed by atoms with Crippen molar-refractivity contribution in [3.8, 4) is 0 Å². The molecule has 1 N–H and O–H groups in total. The Morgan fingerprint density at radius 2 is 2.20 bits per heavy atom. The molecule has 2 rings (SSSR count). The van der Waals surface area contributed by atoms with Crippen LogP contribution in [-0.4, -0.2) is 25.8 Å². The van der Waals surface area contributed by atoms with Crippen LogP contribution in [0.2, 0.25) is 5.02 Å². The summed E-state index contributed by atoms with van der Waals surface area (Å²) < 4.78 is 18.6. The van der Waals surface area contributed by atoms with Crippen molar-refractivity contribution in [1.29, 1.82) is 0 Å². The second kappa shape index (κ2) is 7.39. The van der Waals surface area contributed by atoms with Gasteiger partial charge in [0.2, 0.25) is 0 Å². The highest BCUT2D eigenvalue weighted by Gasteiger charge is 2.31. The molecule has 1 aromatic carbocycles. The Kier molecular flexibility index (Phi) is 5.82. The maximum absolute atomic E-state index is 13.0. The topological polar surface area (TPSA) is 21.3 Å². The number of hydrogen-bond acceptors (Lipinski definition) is 2. The first-order valence-corrected chi connectivity index (χ1v) is 7.73. The van der Waals surface area contributed by atoms with E-state index >= 15 is 0 Å². The van der Waals surface area contributed by atoms with E-state index in [-0.39, 0.29) is 5.82 Å². The SMILES string of the molecule is CCOC1CC(CC(Cc2ccc(F)cc2Cl)NC)C1. The van der Waals surface area contributed by atoms with Gasteiger partial charge < -0.3 is 10.1 Å². The number of hydrogen-bond donors (Lipinski definition) is 1. The summed E-state index contributed by atoms with van der Waals surface area (Å²) in [6.45, 7) is 2.85. The van der Waals surface area contributed by atoms with E-state index in [9.17, 15) is 4.39 Å². The standard InChI is InChI=1S/C16H23ClFNO/c1-3-20-15-7-11(8-15)6-14(19-2)9-12-4-5-13(18)10-16(12)17/h4-5,10-11,14-15,19H,3,6-9H2,1-2H3. The first-order valence-electron chi connectivity index (χ1n) is 7.35. The first-order chi connectivity index (χ1) is 9.62. The van der Waals surface area contributed by atoms with E-state index in [1.807, 2.05) is 14.0 Å². The molecule has 1 unspecified atom stereocenters. The molecule has 112 valence electrons. The largest absolute Gasteiger partial charge is 0.378 e. The van der Waals surface area contributed by atoms with Gasteiger partial charge in [-0.15, -0.1) is 0 Å². The molecule has 1 saturated carbocycles. The molecule has 1 aliphatic carbocycles. The Morgan fingerprint density at radius 3 is 2.80 bits per heavy atom. The number of ether oxygens (including phenoxy) is 1. The van der Waals surface area contributed by atoms with Gasteiger partial charge in [0.25, 0.3) is 0 Å². The molecule has 0 heterocycles. The molecule has 1 aliphatic rings. The minimum Gasteiger partial charge on any atom is -0.378 e.